The van der Waals surface area contributed by atoms with Crippen LogP contribution < -0.4 is 0 Å². The molecule has 1 fully saturated rings. The number of phenolic OH excluding ortho intramolecular Hbond substituents is 2. The standard InChI is InChI=1S/C21H22O8/c1-8-5-10-14(21-20(28)19(27)17(25)13(7-22)29-21)9-3-2-4-11(23)15(9)18(26)16(10)12(24)6-8/h2-6,13-14,17,19-25,27-28H,7H2,1H3/t13-,14?,17-,19+,20-,21+/m1/s1. The molecule has 2 aliphatic rings. The molecule has 6 atom stereocenters. The summed E-state index contributed by atoms with van der Waals surface area (Å²) in [7, 11) is 0. The molecule has 8 nitrogen and oxygen atoms in total. The molecule has 2 aromatic rings. The molecule has 1 aliphatic carbocycles. The van der Waals surface area contributed by atoms with Gasteiger partial charge in [-0.1, -0.05) is 18.2 Å². The fourth-order valence-corrected chi connectivity index (χ4v) is 4.40. The van der Waals surface area contributed by atoms with E-state index in [0.717, 1.165) is 0 Å². The van der Waals surface area contributed by atoms with Crippen LogP contribution in [0, 0.1) is 6.92 Å². The van der Waals surface area contributed by atoms with Gasteiger partial charge >= 0.3 is 0 Å². The number of phenols is 2. The van der Waals surface area contributed by atoms with E-state index >= 15 is 0 Å². The zero-order valence-electron chi connectivity index (χ0n) is 15.6. The zero-order valence-corrected chi connectivity index (χ0v) is 15.6. The molecule has 29 heavy (non-hydrogen) atoms. The number of hydrogen-bond acceptors (Lipinski definition) is 8. The fraction of sp³-hybridized carbons (Fsp3) is 0.381. The van der Waals surface area contributed by atoms with Gasteiger partial charge in [-0.25, -0.2) is 0 Å². The van der Waals surface area contributed by atoms with Crippen LogP contribution in [0.15, 0.2) is 30.3 Å². The van der Waals surface area contributed by atoms with E-state index in [0.29, 0.717) is 16.7 Å². The largest absolute Gasteiger partial charge is 0.507 e. The van der Waals surface area contributed by atoms with Crippen molar-refractivity contribution in [3.8, 4) is 11.5 Å². The van der Waals surface area contributed by atoms with Gasteiger partial charge in [0.25, 0.3) is 0 Å². The molecule has 0 aromatic heterocycles. The van der Waals surface area contributed by atoms with Crippen molar-refractivity contribution in [1.29, 1.82) is 0 Å². The zero-order chi connectivity index (χ0) is 21.0. The number of carbonyl (C=O) groups is 1. The molecule has 0 bridgehead atoms. The topological polar surface area (TPSA) is 148 Å². The maximum Gasteiger partial charge on any atom is 0.201 e. The Labute approximate surface area is 166 Å². The van der Waals surface area contributed by atoms with E-state index in [4.69, 9.17) is 4.74 Å². The number of aromatic hydroxyl groups is 2. The third kappa shape index (κ3) is 2.92. The van der Waals surface area contributed by atoms with Gasteiger partial charge in [0.2, 0.25) is 5.78 Å². The number of rotatable bonds is 2. The van der Waals surface area contributed by atoms with Crippen LogP contribution in [0.2, 0.25) is 0 Å². The molecule has 4 rings (SSSR count). The van der Waals surface area contributed by atoms with Crippen LogP contribution in [-0.4, -0.2) is 73.5 Å². The molecule has 1 saturated heterocycles. The summed E-state index contributed by atoms with van der Waals surface area (Å²) in [5, 5.41) is 61.4. The summed E-state index contributed by atoms with van der Waals surface area (Å²) in [5.41, 5.74) is 1.34. The Kier molecular flexibility index (Phi) is 4.84. The average Bonchev–Trinajstić information content (AvgIpc) is 2.67. The summed E-state index contributed by atoms with van der Waals surface area (Å²) in [6.45, 7) is 1.14. The lowest BCUT2D eigenvalue weighted by molar-refractivity contribution is -0.232. The molecule has 0 radical (unpaired) electrons. The summed E-state index contributed by atoms with van der Waals surface area (Å²) < 4.78 is 5.75. The van der Waals surface area contributed by atoms with Gasteiger partial charge in [0.15, 0.2) is 0 Å². The van der Waals surface area contributed by atoms with E-state index in [1.165, 1.54) is 12.1 Å². The second-order valence-electron chi connectivity index (χ2n) is 7.59. The molecule has 6 N–H and O–H groups in total. The SMILES string of the molecule is Cc1cc(O)c2c(c1)C([C@@H]1O[C@H](CO)[C@@H](O)[C@H](O)[C@H]1O)c1cccc(O)c1C2=O. The monoisotopic (exact) mass is 402 g/mol. The van der Waals surface area contributed by atoms with Gasteiger partial charge in [0.1, 0.15) is 35.9 Å². The molecule has 154 valence electrons. The van der Waals surface area contributed by atoms with Gasteiger partial charge in [0, 0.05) is 5.92 Å². The highest BCUT2D eigenvalue weighted by molar-refractivity contribution is 6.16. The third-order valence-electron chi connectivity index (χ3n) is 5.75. The van der Waals surface area contributed by atoms with Gasteiger partial charge in [-0.15, -0.1) is 0 Å². The van der Waals surface area contributed by atoms with E-state index in [2.05, 4.69) is 0 Å². The maximum atomic E-state index is 13.1. The number of hydrogen-bond donors (Lipinski definition) is 6. The van der Waals surface area contributed by atoms with Gasteiger partial charge < -0.3 is 35.4 Å². The predicted molar refractivity (Wildman–Crippen MR) is 100.0 cm³/mol. The van der Waals surface area contributed by atoms with Crippen LogP contribution in [0.5, 0.6) is 11.5 Å². The summed E-state index contributed by atoms with van der Waals surface area (Å²) in [6, 6.07) is 7.58. The first kappa shape index (κ1) is 19.8. The molecule has 1 heterocycles. The molecule has 1 aliphatic heterocycles. The van der Waals surface area contributed by atoms with E-state index in [9.17, 15) is 35.4 Å². The second-order valence-corrected chi connectivity index (χ2v) is 7.59. The fourth-order valence-electron chi connectivity index (χ4n) is 4.40. The lowest BCUT2D eigenvalue weighted by Gasteiger charge is -2.45. The molecule has 0 amide bonds. The third-order valence-corrected chi connectivity index (χ3v) is 5.75. The predicted octanol–water partition coefficient (Wildman–Crippen LogP) is -0.0751. The van der Waals surface area contributed by atoms with Gasteiger partial charge in [-0.05, 0) is 35.7 Å². The number of fused-ring (bicyclic) bond motifs is 2. The Morgan fingerprint density at radius 1 is 0.931 bits per heavy atom. The van der Waals surface area contributed by atoms with Crippen molar-refractivity contribution < 1.29 is 40.2 Å². The van der Waals surface area contributed by atoms with Gasteiger partial charge in [0.05, 0.1) is 23.8 Å². The van der Waals surface area contributed by atoms with Crippen molar-refractivity contribution in [2.24, 2.45) is 0 Å². The average molecular weight is 402 g/mol. The Bertz CT molecular complexity index is 969. The van der Waals surface area contributed by atoms with Crippen LogP contribution in [0.1, 0.15) is 38.5 Å². The molecule has 0 spiro atoms. The summed E-state index contributed by atoms with van der Waals surface area (Å²) in [6.07, 6.45) is -6.94. The molecule has 1 unspecified atom stereocenters. The minimum absolute atomic E-state index is 0.0217. The van der Waals surface area contributed by atoms with Crippen molar-refractivity contribution in [3.63, 3.8) is 0 Å². The molecule has 0 saturated carbocycles. The first-order chi connectivity index (χ1) is 13.8. The Morgan fingerprint density at radius 2 is 1.62 bits per heavy atom. The van der Waals surface area contributed by atoms with Crippen LogP contribution >= 0.6 is 0 Å². The maximum absolute atomic E-state index is 13.1. The smallest absolute Gasteiger partial charge is 0.201 e. The highest BCUT2D eigenvalue weighted by Gasteiger charge is 2.50. The van der Waals surface area contributed by atoms with E-state index in [1.54, 1.807) is 25.1 Å². The number of benzene rings is 2. The van der Waals surface area contributed by atoms with Crippen LogP contribution in [0.4, 0.5) is 0 Å². The molecule has 8 heteroatoms. The number of aryl methyl sites for hydroxylation is 1. The van der Waals surface area contributed by atoms with E-state index < -0.39 is 48.8 Å². The van der Waals surface area contributed by atoms with Crippen molar-refractivity contribution in [3.05, 3.63) is 58.1 Å². The first-order valence-corrected chi connectivity index (χ1v) is 9.26. The van der Waals surface area contributed by atoms with Gasteiger partial charge in [-0.3, -0.25) is 4.79 Å². The number of aliphatic hydroxyl groups excluding tert-OH is 4. The summed E-state index contributed by atoms with van der Waals surface area (Å²) in [5.74, 6) is -1.96. The Balaban J connectivity index is 1.95. The van der Waals surface area contributed by atoms with Crippen molar-refractivity contribution in [2.45, 2.75) is 43.4 Å². The van der Waals surface area contributed by atoms with Crippen molar-refractivity contribution in [1.82, 2.24) is 0 Å². The number of ether oxygens (including phenoxy) is 1. The molecular formula is C21H22O8. The van der Waals surface area contributed by atoms with E-state index in [-0.39, 0.29) is 22.6 Å². The lowest BCUT2D eigenvalue weighted by Crippen LogP contribution is -2.60. The number of carbonyl (C=O) groups excluding carboxylic acids is 1. The number of aliphatic hydroxyl groups is 4. The minimum Gasteiger partial charge on any atom is -0.507 e. The Morgan fingerprint density at radius 3 is 2.31 bits per heavy atom. The summed E-state index contributed by atoms with van der Waals surface area (Å²) >= 11 is 0. The highest BCUT2D eigenvalue weighted by Crippen LogP contribution is 2.47. The van der Waals surface area contributed by atoms with Crippen LogP contribution in [-0.2, 0) is 4.74 Å². The normalized spacial score (nSPS) is 31.3. The van der Waals surface area contributed by atoms with Crippen LogP contribution in [0.25, 0.3) is 0 Å². The van der Waals surface area contributed by atoms with Crippen molar-refractivity contribution in [2.75, 3.05) is 6.61 Å². The first-order valence-electron chi connectivity index (χ1n) is 9.26. The Hall–Kier alpha value is -2.49. The molecular weight excluding hydrogens is 380 g/mol. The lowest BCUT2D eigenvalue weighted by atomic mass is 9.71. The van der Waals surface area contributed by atoms with Crippen molar-refractivity contribution >= 4 is 5.78 Å². The number of ketones is 1. The minimum atomic E-state index is -1.59. The quantitative estimate of drug-likeness (QED) is 0.409. The summed E-state index contributed by atoms with van der Waals surface area (Å²) in [4.78, 5) is 13.1. The van der Waals surface area contributed by atoms with E-state index in [1.807, 2.05) is 0 Å². The second kappa shape index (κ2) is 7.08. The van der Waals surface area contributed by atoms with Gasteiger partial charge in [-0.2, -0.15) is 0 Å². The molecule has 2 aromatic carbocycles. The highest BCUT2D eigenvalue weighted by atomic mass is 16.5. The van der Waals surface area contributed by atoms with Crippen LogP contribution in [0.3, 0.4) is 0 Å².